The van der Waals surface area contributed by atoms with Crippen molar-refractivity contribution in [3.8, 4) is 22.1 Å². The second-order valence-corrected chi connectivity index (χ2v) is 6.84. The van der Waals surface area contributed by atoms with Crippen LogP contribution in [0, 0.1) is 0 Å². The lowest BCUT2D eigenvalue weighted by atomic mass is 10.2. The predicted molar refractivity (Wildman–Crippen MR) is 114 cm³/mol. The Morgan fingerprint density at radius 2 is 1.75 bits per heavy atom. The Labute approximate surface area is 169 Å². The first-order chi connectivity index (χ1) is 13.7. The van der Waals surface area contributed by atoms with E-state index in [-0.39, 0.29) is 0 Å². The van der Waals surface area contributed by atoms with E-state index in [9.17, 15) is 0 Å². The molecule has 0 amide bonds. The van der Waals surface area contributed by atoms with Gasteiger partial charge in [0.05, 0.1) is 26.5 Å². The van der Waals surface area contributed by atoms with E-state index in [0.717, 1.165) is 21.8 Å². The molecule has 28 heavy (non-hydrogen) atoms. The van der Waals surface area contributed by atoms with Crippen molar-refractivity contribution < 1.29 is 9.47 Å². The number of thiazole rings is 1. The summed E-state index contributed by atoms with van der Waals surface area (Å²) in [5.41, 5.74) is 3.19. The molecule has 0 radical (unpaired) electrons. The highest BCUT2D eigenvalue weighted by Gasteiger charge is 2.07. The Morgan fingerprint density at radius 3 is 2.46 bits per heavy atom. The van der Waals surface area contributed by atoms with Gasteiger partial charge in [-0.15, -0.1) is 11.3 Å². The summed E-state index contributed by atoms with van der Waals surface area (Å²) in [6.07, 6.45) is 0. The maximum Gasteiger partial charge on any atom is 0.191 e. The van der Waals surface area contributed by atoms with Gasteiger partial charge in [-0.2, -0.15) is 0 Å². The molecular formula is C21H24N4O2S. The van der Waals surface area contributed by atoms with Crippen molar-refractivity contribution in [1.29, 1.82) is 0 Å². The molecule has 3 rings (SSSR count). The molecule has 0 saturated carbocycles. The fraction of sp³-hybridized carbons (Fsp3) is 0.238. The third-order valence-electron chi connectivity index (χ3n) is 4.14. The number of hydrogen-bond donors (Lipinski definition) is 2. The molecule has 1 aromatic heterocycles. The summed E-state index contributed by atoms with van der Waals surface area (Å²) in [6, 6.07) is 16.0. The standard InChI is InChI=1S/C21H24N4O2S/c1-22-21(23-12-15-9-10-18(26-2)19(11-15)27-3)24-13-17-14-28-20(25-17)16-7-5-4-6-8-16/h4-11,14H,12-13H2,1-3H3,(H2,22,23,24). The summed E-state index contributed by atoms with van der Waals surface area (Å²) < 4.78 is 10.6. The predicted octanol–water partition coefficient (Wildman–Crippen LogP) is 3.69. The smallest absolute Gasteiger partial charge is 0.191 e. The van der Waals surface area contributed by atoms with E-state index < -0.39 is 0 Å². The fourth-order valence-corrected chi connectivity index (χ4v) is 3.50. The third kappa shape index (κ3) is 5.01. The normalized spacial score (nSPS) is 11.2. The molecule has 0 aliphatic carbocycles. The first-order valence-electron chi connectivity index (χ1n) is 8.88. The molecular weight excluding hydrogens is 372 g/mol. The average Bonchev–Trinajstić information content (AvgIpc) is 3.23. The average molecular weight is 397 g/mol. The Kier molecular flexibility index (Phi) is 6.86. The summed E-state index contributed by atoms with van der Waals surface area (Å²) in [7, 11) is 5.01. The van der Waals surface area contributed by atoms with Gasteiger partial charge in [-0.3, -0.25) is 4.99 Å². The van der Waals surface area contributed by atoms with Gasteiger partial charge in [0.25, 0.3) is 0 Å². The SMILES string of the molecule is CN=C(NCc1ccc(OC)c(OC)c1)NCc1csc(-c2ccccc2)n1. The second-order valence-electron chi connectivity index (χ2n) is 5.98. The lowest BCUT2D eigenvalue weighted by Gasteiger charge is -2.13. The lowest BCUT2D eigenvalue weighted by molar-refractivity contribution is 0.354. The van der Waals surface area contributed by atoms with Crippen LogP contribution in [0.1, 0.15) is 11.3 Å². The molecule has 0 unspecified atom stereocenters. The molecule has 2 aromatic carbocycles. The second kappa shape index (κ2) is 9.75. The van der Waals surface area contributed by atoms with Gasteiger partial charge < -0.3 is 20.1 Å². The highest BCUT2D eigenvalue weighted by atomic mass is 32.1. The van der Waals surface area contributed by atoms with Gasteiger partial charge >= 0.3 is 0 Å². The molecule has 1 heterocycles. The first-order valence-corrected chi connectivity index (χ1v) is 9.76. The fourth-order valence-electron chi connectivity index (χ4n) is 2.67. The van der Waals surface area contributed by atoms with Crippen LogP contribution in [0.25, 0.3) is 10.6 Å². The number of ether oxygens (including phenoxy) is 2. The Morgan fingerprint density at radius 1 is 1.00 bits per heavy atom. The quantitative estimate of drug-likeness (QED) is 0.471. The van der Waals surface area contributed by atoms with E-state index in [4.69, 9.17) is 9.47 Å². The van der Waals surface area contributed by atoms with Gasteiger partial charge in [-0.1, -0.05) is 36.4 Å². The largest absolute Gasteiger partial charge is 0.493 e. The summed E-state index contributed by atoms with van der Waals surface area (Å²) in [6.45, 7) is 1.22. The number of aliphatic imine (C=N–C) groups is 1. The molecule has 0 saturated heterocycles. The number of hydrogen-bond acceptors (Lipinski definition) is 5. The van der Waals surface area contributed by atoms with Crippen LogP contribution in [-0.2, 0) is 13.1 Å². The summed E-state index contributed by atoms with van der Waals surface area (Å²) in [4.78, 5) is 8.96. The molecule has 3 aromatic rings. The van der Waals surface area contributed by atoms with Gasteiger partial charge in [0.15, 0.2) is 17.5 Å². The van der Waals surface area contributed by atoms with Gasteiger partial charge in [0.1, 0.15) is 5.01 Å². The minimum absolute atomic E-state index is 0.606. The van der Waals surface area contributed by atoms with Gasteiger partial charge in [-0.05, 0) is 17.7 Å². The van der Waals surface area contributed by atoms with E-state index in [0.29, 0.717) is 30.5 Å². The van der Waals surface area contributed by atoms with Crippen LogP contribution >= 0.6 is 11.3 Å². The number of methoxy groups -OCH3 is 2. The number of nitrogens with zero attached hydrogens (tertiary/aromatic N) is 2. The Balaban J connectivity index is 1.55. The van der Waals surface area contributed by atoms with Crippen molar-refractivity contribution in [3.63, 3.8) is 0 Å². The molecule has 7 heteroatoms. The van der Waals surface area contributed by atoms with Gasteiger partial charge in [0.2, 0.25) is 0 Å². The summed E-state index contributed by atoms with van der Waals surface area (Å²) in [5.74, 6) is 2.14. The van der Waals surface area contributed by atoms with Crippen LogP contribution in [0.2, 0.25) is 0 Å². The van der Waals surface area contributed by atoms with Crippen molar-refractivity contribution in [2.24, 2.45) is 4.99 Å². The van der Waals surface area contributed by atoms with Gasteiger partial charge in [-0.25, -0.2) is 4.98 Å². The maximum absolute atomic E-state index is 5.35. The van der Waals surface area contributed by atoms with Crippen molar-refractivity contribution >= 4 is 17.3 Å². The van der Waals surface area contributed by atoms with Crippen molar-refractivity contribution in [2.45, 2.75) is 13.1 Å². The molecule has 146 valence electrons. The molecule has 0 spiro atoms. The van der Waals surface area contributed by atoms with E-state index in [1.165, 1.54) is 0 Å². The number of aromatic nitrogens is 1. The minimum Gasteiger partial charge on any atom is -0.493 e. The van der Waals surface area contributed by atoms with E-state index in [1.807, 2.05) is 36.4 Å². The molecule has 0 fully saturated rings. The lowest BCUT2D eigenvalue weighted by Crippen LogP contribution is -2.36. The zero-order valence-corrected chi connectivity index (χ0v) is 17.0. The van der Waals surface area contributed by atoms with Crippen molar-refractivity contribution in [3.05, 3.63) is 65.2 Å². The maximum atomic E-state index is 5.35. The number of guanidine groups is 1. The zero-order chi connectivity index (χ0) is 19.8. The molecule has 6 nitrogen and oxygen atoms in total. The summed E-state index contributed by atoms with van der Waals surface area (Å²) >= 11 is 1.64. The number of nitrogens with one attached hydrogen (secondary N) is 2. The Hall–Kier alpha value is -3.06. The Bertz CT molecular complexity index is 925. The number of benzene rings is 2. The minimum atomic E-state index is 0.606. The summed E-state index contributed by atoms with van der Waals surface area (Å²) in [5, 5.41) is 9.69. The van der Waals surface area contributed by atoms with E-state index in [1.54, 1.807) is 32.6 Å². The third-order valence-corrected chi connectivity index (χ3v) is 5.08. The van der Waals surface area contributed by atoms with Crippen LogP contribution in [-0.4, -0.2) is 32.2 Å². The molecule has 0 bridgehead atoms. The molecule has 2 N–H and O–H groups in total. The monoisotopic (exact) mass is 396 g/mol. The molecule has 0 aliphatic rings. The van der Waals surface area contributed by atoms with Crippen molar-refractivity contribution in [1.82, 2.24) is 15.6 Å². The zero-order valence-electron chi connectivity index (χ0n) is 16.2. The van der Waals surface area contributed by atoms with Crippen LogP contribution in [0.4, 0.5) is 0 Å². The van der Waals surface area contributed by atoms with E-state index in [2.05, 4.69) is 38.1 Å². The number of rotatable bonds is 7. The molecule has 0 atom stereocenters. The highest BCUT2D eigenvalue weighted by Crippen LogP contribution is 2.27. The van der Waals surface area contributed by atoms with Crippen LogP contribution in [0.3, 0.4) is 0 Å². The first kappa shape index (κ1) is 19.7. The van der Waals surface area contributed by atoms with Crippen molar-refractivity contribution in [2.75, 3.05) is 21.3 Å². The van der Waals surface area contributed by atoms with Crippen LogP contribution < -0.4 is 20.1 Å². The highest BCUT2D eigenvalue weighted by molar-refractivity contribution is 7.13. The van der Waals surface area contributed by atoms with Gasteiger partial charge in [0, 0.05) is 24.5 Å². The van der Waals surface area contributed by atoms with Crippen LogP contribution in [0.15, 0.2) is 58.9 Å². The topological polar surface area (TPSA) is 67.8 Å². The van der Waals surface area contributed by atoms with Crippen LogP contribution in [0.5, 0.6) is 11.5 Å². The van der Waals surface area contributed by atoms with E-state index >= 15 is 0 Å². The molecule has 0 aliphatic heterocycles.